The number of phosphoric acid groups is 1. The van der Waals surface area contributed by atoms with Gasteiger partial charge in [0.2, 0.25) is 5.91 Å². The van der Waals surface area contributed by atoms with Crippen LogP contribution in [0, 0.1) is 0 Å². The molecule has 74 heavy (non-hydrogen) atoms. The van der Waals surface area contributed by atoms with E-state index in [1.54, 1.807) is 6.08 Å². The number of unbranched alkanes of at least 4 members (excludes halogenated alkanes) is 31. The van der Waals surface area contributed by atoms with Gasteiger partial charge in [0.15, 0.2) is 0 Å². The molecule has 3 N–H and O–H groups in total. The number of nitrogens with one attached hydrogen (secondary N) is 1. The normalized spacial score (nSPS) is 14.4. The zero-order chi connectivity index (χ0) is 54.2. The fourth-order valence-corrected chi connectivity index (χ4v) is 9.53. The number of rotatable bonds is 56. The number of hydrogen-bond donors (Lipinski definition) is 3. The number of hydrogen-bond acceptors (Lipinski definition) is 5. The Bertz CT molecular complexity index is 1480. The highest BCUT2D eigenvalue weighted by molar-refractivity contribution is 7.47. The van der Waals surface area contributed by atoms with E-state index >= 15 is 0 Å². The molecule has 0 aromatic rings. The summed E-state index contributed by atoms with van der Waals surface area (Å²) < 4.78 is 23.7. The van der Waals surface area contributed by atoms with Crippen LogP contribution in [0.1, 0.15) is 271 Å². The van der Waals surface area contributed by atoms with E-state index in [1.165, 1.54) is 180 Å². The van der Waals surface area contributed by atoms with Crippen LogP contribution in [0.15, 0.2) is 85.1 Å². The van der Waals surface area contributed by atoms with Crippen LogP contribution in [0.3, 0.4) is 0 Å². The molecule has 0 saturated carbocycles. The maximum atomic E-state index is 13.0. The Labute approximate surface area is 458 Å². The van der Waals surface area contributed by atoms with Crippen molar-refractivity contribution in [1.29, 1.82) is 0 Å². The Morgan fingerprint density at radius 3 is 1.24 bits per heavy atom. The molecule has 0 fully saturated rings. The van der Waals surface area contributed by atoms with Gasteiger partial charge in [-0.25, -0.2) is 4.57 Å². The molecule has 0 aromatic carbocycles. The molecular weight excluding hydrogens is 936 g/mol. The van der Waals surface area contributed by atoms with Crippen molar-refractivity contribution in [2.45, 2.75) is 283 Å². The molecule has 0 aliphatic carbocycles. The maximum Gasteiger partial charge on any atom is 0.472 e. The lowest BCUT2D eigenvalue weighted by Gasteiger charge is -2.25. The highest BCUT2D eigenvalue weighted by Crippen LogP contribution is 2.43. The Morgan fingerprint density at radius 1 is 0.473 bits per heavy atom. The van der Waals surface area contributed by atoms with Gasteiger partial charge in [-0.05, 0) is 77.0 Å². The van der Waals surface area contributed by atoms with Crippen molar-refractivity contribution in [1.82, 2.24) is 5.32 Å². The first-order chi connectivity index (χ1) is 36.0. The molecule has 0 bridgehead atoms. The van der Waals surface area contributed by atoms with Gasteiger partial charge in [0.1, 0.15) is 13.2 Å². The molecule has 0 heterocycles. The minimum Gasteiger partial charge on any atom is -0.387 e. The van der Waals surface area contributed by atoms with E-state index in [9.17, 15) is 19.4 Å². The van der Waals surface area contributed by atoms with Crippen molar-refractivity contribution in [3.8, 4) is 0 Å². The van der Waals surface area contributed by atoms with Gasteiger partial charge in [-0.1, -0.05) is 272 Å². The smallest absolute Gasteiger partial charge is 0.387 e. The Kier molecular flexibility index (Phi) is 53.7. The maximum absolute atomic E-state index is 13.0. The quantitative estimate of drug-likeness (QED) is 0.0243. The summed E-state index contributed by atoms with van der Waals surface area (Å²) in [4.78, 5) is 23.3. The second kappa shape index (κ2) is 55.4. The van der Waals surface area contributed by atoms with Crippen molar-refractivity contribution in [3.05, 3.63) is 85.1 Å². The summed E-state index contributed by atoms with van der Waals surface area (Å²) in [5.74, 6) is -0.186. The SMILES string of the molecule is CC/C=C\C/C=C\C/C=C\C/C=C\C/C=C\CCCCCCCCCCCCCCCCCCCCCCCCCC(=O)NC(COP(=O)(O)OCC[N+](C)(C)C)C(O)/C=C/CC/C=C/CCCCCCCCC. The van der Waals surface area contributed by atoms with Crippen LogP contribution >= 0.6 is 7.82 Å². The molecular formula is C65H120N2O6P+. The molecule has 1 amide bonds. The van der Waals surface area contributed by atoms with E-state index in [2.05, 4.69) is 92.1 Å². The Morgan fingerprint density at radius 2 is 0.824 bits per heavy atom. The van der Waals surface area contributed by atoms with Gasteiger partial charge in [0.25, 0.3) is 0 Å². The summed E-state index contributed by atoms with van der Waals surface area (Å²) in [7, 11) is 1.56. The van der Waals surface area contributed by atoms with E-state index in [-0.39, 0.29) is 19.1 Å². The fourth-order valence-electron chi connectivity index (χ4n) is 8.79. The van der Waals surface area contributed by atoms with E-state index in [0.717, 1.165) is 70.6 Å². The van der Waals surface area contributed by atoms with Crippen LogP contribution in [0.4, 0.5) is 0 Å². The van der Waals surface area contributed by atoms with Gasteiger partial charge >= 0.3 is 7.82 Å². The van der Waals surface area contributed by atoms with Gasteiger partial charge in [-0.2, -0.15) is 0 Å². The lowest BCUT2D eigenvalue weighted by atomic mass is 10.0. The third-order valence-electron chi connectivity index (χ3n) is 13.6. The number of phosphoric ester groups is 1. The highest BCUT2D eigenvalue weighted by atomic mass is 31.2. The van der Waals surface area contributed by atoms with Crippen molar-refractivity contribution >= 4 is 13.7 Å². The fraction of sp³-hybridized carbons (Fsp3) is 0.769. The van der Waals surface area contributed by atoms with E-state index in [0.29, 0.717) is 17.4 Å². The third kappa shape index (κ3) is 57.4. The summed E-state index contributed by atoms with van der Waals surface area (Å²) in [5, 5.41) is 13.9. The molecule has 8 nitrogen and oxygen atoms in total. The zero-order valence-electron chi connectivity index (χ0n) is 49.1. The predicted molar refractivity (Wildman–Crippen MR) is 323 cm³/mol. The van der Waals surface area contributed by atoms with Crippen LogP contribution < -0.4 is 5.32 Å². The lowest BCUT2D eigenvalue weighted by molar-refractivity contribution is -0.870. The summed E-state index contributed by atoms with van der Waals surface area (Å²) in [5.41, 5.74) is 0. The molecule has 0 rings (SSSR count). The first-order valence-electron chi connectivity index (χ1n) is 31.0. The number of aliphatic hydroxyl groups is 1. The molecule has 3 unspecified atom stereocenters. The van der Waals surface area contributed by atoms with Gasteiger partial charge in [-0.3, -0.25) is 13.8 Å². The summed E-state index contributed by atoms with van der Waals surface area (Å²) >= 11 is 0. The van der Waals surface area contributed by atoms with Crippen molar-refractivity contribution in [3.63, 3.8) is 0 Å². The molecule has 0 aromatic heterocycles. The number of likely N-dealkylation sites (N-methyl/N-ethyl adjacent to an activating group) is 1. The topological polar surface area (TPSA) is 105 Å². The number of carbonyl (C=O) groups is 1. The van der Waals surface area contributed by atoms with Crippen LogP contribution in [-0.4, -0.2) is 73.4 Å². The minimum atomic E-state index is -4.35. The molecule has 430 valence electrons. The van der Waals surface area contributed by atoms with Crippen molar-refractivity contribution < 1.29 is 32.9 Å². The number of quaternary nitrogens is 1. The average Bonchev–Trinajstić information content (AvgIpc) is 3.36. The van der Waals surface area contributed by atoms with Gasteiger partial charge in [0.05, 0.1) is 39.9 Å². The van der Waals surface area contributed by atoms with Crippen LogP contribution in [0.2, 0.25) is 0 Å². The van der Waals surface area contributed by atoms with Gasteiger partial charge in [-0.15, -0.1) is 0 Å². The number of allylic oxidation sites excluding steroid dienone is 13. The summed E-state index contributed by atoms with van der Waals surface area (Å²) in [6.45, 7) is 4.68. The minimum absolute atomic E-state index is 0.0554. The summed E-state index contributed by atoms with van der Waals surface area (Å²) in [6.07, 6.45) is 78.7. The molecule has 0 saturated heterocycles. The van der Waals surface area contributed by atoms with Gasteiger partial charge in [0, 0.05) is 6.42 Å². The van der Waals surface area contributed by atoms with Crippen molar-refractivity contribution in [2.75, 3.05) is 40.9 Å². The van der Waals surface area contributed by atoms with Crippen molar-refractivity contribution in [2.24, 2.45) is 0 Å². The van der Waals surface area contributed by atoms with Crippen LogP contribution in [-0.2, 0) is 18.4 Å². The second-order valence-corrected chi connectivity index (χ2v) is 23.5. The number of nitrogens with zero attached hydrogens (tertiary/aromatic N) is 1. The van der Waals surface area contributed by atoms with Crippen LogP contribution in [0.25, 0.3) is 0 Å². The zero-order valence-corrected chi connectivity index (χ0v) is 50.0. The number of amides is 1. The highest BCUT2D eigenvalue weighted by Gasteiger charge is 2.27. The molecule has 0 radical (unpaired) electrons. The summed E-state index contributed by atoms with van der Waals surface area (Å²) in [6, 6.07) is -0.864. The van der Waals surface area contributed by atoms with E-state index in [4.69, 9.17) is 9.05 Å². The standard InChI is InChI=1S/C65H119N2O6P/c1-6-8-10-12-14-16-18-20-21-22-23-24-25-26-27-28-29-30-31-32-33-34-35-36-37-38-39-40-41-42-43-44-45-47-49-51-53-55-57-59-65(69)66-63(62-73-74(70,71)72-61-60-67(3,4)5)64(68)58-56-54-52-50-48-46-19-17-15-13-11-9-7-2/h8,10,14,16,20-21,23-24,26-27,48,50,56,58,63-64,68H,6-7,9,11-13,15,17-19,22,25,28-47,49,51-55,57,59-62H2,1-5H3,(H-,66,69,70,71)/p+1/b10-8-,16-14-,21-20-,24-23-,27-26-,50-48+,58-56+. The molecule has 9 heteroatoms. The van der Waals surface area contributed by atoms with E-state index in [1.807, 2.05) is 27.2 Å². The third-order valence-corrected chi connectivity index (χ3v) is 14.6. The number of carbonyl (C=O) groups excluding carboxylic acids is 1. The van der Waals surface area contributed by atoms with E-state index < -0.39 is 20.0 Å². The molecule has 0 aliphatic rings. The Balaban J connectivity index is 3.92. The first-order valence-corrected chi connectivity index (χ1v) is 32.5. The first kappa shape index (κ1) is 71.7. The Hall–Kier alpha value is -2.32. The largest absolute Gasteiger partial charge is 0.472 e. The molecule has 0 aliphatic heterocycles. The second-order valence-electron chi connectivity index (χ2n) is 22.0. The predicted octanol–water partition coefficient (Wildman–Crippen LogP) is 19.2. The molecule has 0 spiro atoms. The van der Waals surface area contributed by atoms with Crippen LogP contribution in [0.5, 0.6) is 0 Å². The van der Waals surface area contributed by atoms with Gasteiger partial charge < -0.3 is 19.8 Å². The average molecular weight is 1060 g/mol. The monoisotopic (exact) mass is 1060 g/mol. The number of aliphatic hydroxyl groups excluding tert-OH is 1. The molecule has 3 atom stereocenters. The lowest BCUT2D eigenvalue weighted by Crippen LogP contribution is -2.45.